The Morgan fingerprint density at radius 1 is 1.26 bits per heavy atom. The summed E-state index contributed by atoms with van der Waals surface area (Å²) < 4.78 is 13.3. The molecule has 160 valence electrons. The number of hydrogen-bond donors (Lipinski definition) is 2. The molecule has 7 nitrogen and oxygen atoms in total. The zero-order valence-corrected chi connectivity index (χ0v) is 18.0. The largest absolute Gasteiger partial charge is 0.368 e. The Bertz CT molecular complexity index is 1050. The first-order valence-electron chi connectivity index (χ1n) is 9.98. The molecule has 4 N–H and O–H groups in total. The lowest BCUT2D eigenvalue weighted by molar-refractivity contribution is -0.117. The minimum atomic E-state index is -0.861. The summed E-state index contributed by atoms with van der Waals surface area (Å²) >= 11 is 1.04. The van der Waals surface area contributed by atoms with E-state index in [0.717, 1.165) is 24.6 Å². The van der Waals surface area contributed by atoms with Crippen LogP contribution < -0.4 is 16.4 Å². The van der Waals surface area contributed by atoms with Gasteiger partial charge in [-0.25, -0.2) is 9.37 Å². The van der Waals surface area contributed by atoms with Crippen LogP contribution in [0.1, 0.15) is 47.3 Å². The number of carbonyl (C=O) groups excluding carboxylic acids is 1. The van der Waals surface area contributed by atoms with Crippen molar-refractivity contribution in [2.75, 3.05) is 18.0 Å². The Kier molecular flexibility index (Phi) is 7.11. The lowest BCUT2D eigenvalue weighted by Gasteiger charge is -2.32. The van der Waals surface area contributed by atoms with Gasteiger partial charge >= 0.3 is 0 Å². The highest BCUT2D eigenvalue weighted by molar-refractivity contribution is 8.00. The predicted molar refractivity (Wildman–Crippen MR) is 117 cm³/mol. The standard InChI is InChI=1S/C22H23FN6OS/c1-2-16-17(11-24)21(29-9-7-15(26)8-10-29)28-22(18(16)12-25)31-19(20(27)30)13-3-5-14(23)6-4-13/h3-6,15,19H,2,7-10,26H2,1H3,(H2,27,30). The van der Waals surface area contributed by atoms with E-state index < -0.39 is 17.0 Å². The smallest absolute Gasteiger partial charge is 0.235 e. The molecule has 0 radical (unpaired) electrons. The molecule has 1 aromatic carbocycles. The fourth-order valence-electron chi connectivity index (χ4n) is 3.65. The molecular formula is C22H23FN6OS. The van der Waals surface area contributed by atoms with Crippen molar-refractivity contribution in [2.45, 2.75) is 42.5 Å². The first-order valence-corrected chi connectivity index (χ1v) is 10.9. The molecule has 2 aromatic rings. The van der Waals surface area contributed by atoms with E-state index >= 15 is 0 Å². The van der Waals surface area contributed by atoms with Crippen LogP contribution in [0.3, 0.4) is 0 Å². The summed E-state index contributed by atoms with van der Waals surface area (Å²) in [4.78, 5) is 18.9. The van der Waals surface area contributed by atoms with Gasteiger partial charge in [0, 0.05) is 19.1 Å². The molecule has 1 saturated heterocycles. The van der Waals surface area contributed by atoms with Crippen LogP contribution in [0.2, 0.25) is 0 Å². The summed E-state index contributed by atoms with van der Waals surface area (Å²) in [5.74, 6) is -0.560. The van der Waals surface area contributed by atoms with Crippen LogP contribution in [0.4, 0.5) is 10.2 Å². The van der Waals surface area contributed by atoms with Crippen LogP contribution >= 0.6 is 11.8 Å². The van der Waals surface area contributed by atoms with Crippen molar-refractivity contribution in [3.63, 3.8) is 0 Å². The summed E-state index contributed by atoms with van der Waals surface area (Å²) in [6.45, 7) is 3.17. The number of thioether (sulfide) groups is 1. The number of nitrogens with two attached hydrogens (primary N) is 2. The number of benzene rings is 1. The molecule has 3 rings (SSSR count). The van der Waals surface area contributed by atoms with Crippen molar-refractivity contribution in [2.24, 2.45) is 11.5 Å². The van der Waals surface area contributed by atoms with Gasteiger partial charge in [-0.2, -0.15) is 10.5 Å². The van der Waals surface area contributed by atoms with Crippen molar-refractivity contribution >= 4 is 23.5 Å². The number of carbonyl (C=O) groups is 1. The Balaban J connectivity index is 2.10. The van der Waals surface area contributed by atoms with Crippen molar-refractivity contribution in [1.29, 1.82) is 10.5 Å². The fraction of sp³-hybridized carbons (Fsp3) is 0.364. The summed E-state index contributed by atoms with van der Waals surface area (Å²) in [6, 6.07) is 9.95. The van der Waals surface area contributed by atoms with Gasteiger partial charge < -0.3 is 16.4 Å². The number of pyridine rings is 1. The quantitative estimate of drug-likeness (QED) is 0.663. The lowest BCUT2D eigenvalue weighted by Crippen LogP contribution is -2.40. The molecule has 1 amide bonds. The molecule has 31 heavy (non-hydrogen) atoms. The molecule has 1 atom stereocenters. The average Bonchev–Trinajstić information content (AvgIpc) is 2.77. The van der Waals surface area contributed by atoms with Crippen LogP contribution in [0, 0.1) is 28.5 Å². The molecule has 1 aliphatic rings. The number of aromatic nitrogens is 1. The van der Waals surface area contributed by atoms with Gasteiger partial charge in [-0.3, -0.25) is 4.79 Å². The molecular weight excluding hydrogens is 415 g/mol. The maximum atomic E-state index is 13.3. The summed E-state index contributed by atoms with van der Waals surface area (Å²) in [5.41, 5.74) is 13.4. The topological polar surface area (TPSA) is 133 Å². The molecule has 0 bridgehead atoms. The first kappa shape index (κ1) is 22.5. The van der Waals surface area contributed by atoms with E-state index in [1.54, 1.807) is 0 Å². The van der Waals surface area contributed by atoms with E-state index in [-0.39, 0.29) is 11.6 Å². The van der Waals surface area contributed by atoms with E-state index in [0.29, 0.717) is 47.0 Å². The van der Waals surface area contributed by atoms with E-state index in [4.69, 9.17) is 11.5 Å². The lowest BCUT2D eigenvalue weighted by atomic mass is 10.00. The number of anilines is 1. The second-order valence-electron chi connectivity index (χ2n) is 7.32. The average molecular weight is 439 g/mol. The highest BCUT2D eigenvalue weighted by Crippen LogP contribution is 2.39. The SMILES string of the molecule is CCc1c(C#N)c(SC(C(N)=O)c2ccc(F)cc2)nc(N2CCC(N)CC2)c1C#N. The van der Waals surface area contributed by atoms with Gasteiger partial charge in [-0.15, -0.1) is 0 Å². The molecule has 1 aliphatic heterocycles. The monoisotopic (exact) mass is 438 g/mol. The Hall–Kier alpha value is -3.14. The number of halogens is 1. The van der Waals surface area contributed by atoms with E-state index in [1.807, 2.05) is 11.8 Å². The van der Waals surface area contributed by atoms with Gasteiger partial charge in [0.2, 0.25) is 5.91 Å². The van der Waals surface area contributed by atoms with Crippen LogP contribution in [0.5, 0.6) is 0 Å². The van der Waals surface area contributed by atoms with Gasteiger partial charge in [0.05, 0.1) is 11.1 Å². The number of primary amides is 1. The molecule has 1 aromatic heterocycles. The molecule has 2 heterocycles. The van der Waals surface area contributed by atoms with Crippen molar-refractivity contribution < 1.29 is 9.18 Å². The van der Waals surface area contributed by atoms with Gasteiger partial charge in [0.15, 0.2) is 0 Å². The molecule has 0 spiro atoms. The maximum Gasteiger partial charge on any atom is 0.235 e. The minimum absolute atomic E-state index is 0.109. The van der Waals surface area contributed by atoms with Crippen LogP contribution in [0.15, 0.2) is 29.3 Å². The van der Waals surface area contributed by atoms with E-state index in [2.05, 4.69) is 17.1 Å². The number of hydrogen-bond acceptors (Lipinski definition) is 7. The van der Waals surface area contributed by atoms with Crippen LogP contribution in [0.25, 0.3) is 0 Å². The van der Waals surface area contributed by atoms with Gasteiger partial charge in [-0.05, 0) is 42.5 Å². The Morgan fingerprint density at radius 3 is 2.39 bits per heavy atom. The molecule has 0 saturated carbocycles. The highest BCUT2D eigenvalue weighted by Gasteiger charge is 2.28. The second kappa shape index (κ2) is 9.78. The first-order chi connectivity index (χ1) is 14.9. The fourth-order valence-corrected chi connectivity index (χ4v) is 4.71. The number of piperidine rings is 1. The normalized spacial score (nSPS) is 15.2. The Morgan fingerprint density at radius 2 is 1.87 bits per heavy atom. The van der Waals surface area contributed by atoms with Crippen molar-refractivity contribution in [3.8, 4) is 12.1 Å². The third-order valence-electron chi connectivity index (χ3n) is 5.33. The molecule has 0 aliphatic carbocycles. The summed E-state index contributed by atoms with van der Waals surface area (Å²) in [7, 11) is 0. The van der Waals surface area contributed by atoms with Gasteiger partial charge in [0.25, 0.3) is 0 Å². The number of rotatable bonds is 6. The number of nitriles is 2. The highest BCUT2D eigenvalue weighted by atomic mass is 32.2. The van der Waals surface area contributed by atoms with Crippen molar-refractivity contribution in [1.82, 2.24) is 4.98 Å². The second-order valence-corrected chi connectivity index (χ2v) is 8.42. The molecule has 9 heteroatoms. The van der Waals surface area contributed by atoms with Crippen LogP contribution in [-0.4, -0.2) is 30.0 Å². The molecule has 1 fully saturated rings. The third kappa shape index (κ3) is 4.79. The summed E-state index contributed by atoms with van der Waals surface area (Å²) in [6.07, 6.45) is 2.01. The maximum absolute atomic E-state index is 13.3. The Labute approximate surface area is 184 Å². The van der Waals surface area contributed by atoms with Crippen LogP contribution in [-0.2, 0) is 11.2 Å². The van der Waals surface area contributed by atoms with Gasteiger partial charge in [-0.1, -0.05) is 30.8 Å². The van der Waals surface area contributed by atoms with Crippen molar-refractivity contribution in [3.05, 3.63) is 52.3 Å². The minimum Gasteiger partial charge on any atom is -0.368 e. The zero-order valence-electron chi connectivity index (χ0n) is 17.1. The summed E-state index contributed by atoms with van der Waals surface area (Å²) in [5, 5.41) is 19.1. The number of amides is 1. The number of nitrogens with zero attached hydrogens (tertiary/aromatic N) is 4. The third-order valence-corrected chi connectivity index (χ3v) is 6.58. The zero-order chi connectivity index (χ0) is 22.5. The van der Waals surface area contributed by atoms with E-state index in [1.165, 1.54) is 24.3 Å². The van der Waals surface area contributed by atoms with E-state index in [9.17, 15) is 19.7 Å². The van der Waals surface area contributed by atoms with Gasteiger partial charge in [0.1, 0.15) is 34.0 Å². The predicted octanol–water partition coefficient (Wildman–Crippen LogP) is 2.77. The molecule has 1 unspecified atom stereocenters.